The number of rotatable bonds is 9. The summed E-state index contributed by atoms with van der Waals surface area (Å²) >= 11 is 0. The van der Waals surface area contributed by atoms with E-state index >= 15 is 0 Å². The van der Waals surface area contributed by atoms with E-state index < -0.39 is 24.3 Å². The summed E-state index contributed by atoms with van der Waals surface area (Å²) in [6.45, 7) is 6.91. The molecule has 1 aliphatic heterocycles. The number of piperazine rings is 1. The van der Waals surface area contributed by atoms with E-state index in [1.54, 1.807) is 41.5 Å². The zero-order valence-electron chi connectivity index (χ0n) is 26.5. The third kappa shape index (κ3) is 8.93. The first-order valence-electron chi connectivity index (χ1n) is 15.2. The Morgan fingerprint density at radius 2 is 1.74 bits per heavy atom. The number of halogens is 4. The third-order valence-electron chi connectivity index (χ3n) is 7.87. The molecule has 246 valence electrons. The molecule has 0 spiro atoms. The molecule has 2 N–H and O–H groups in total. The highest BCUT2D eigenvalue weighted by molar-refractivity contribution is 6.04. The number of carbonyl (C=O) groups excluding carboxylic acids is 1. The molecule has 0 saturated carbocycles. The van der Waals surface area contributed by atoms with Gasteiger partial charge in [-0.05, 0) is 62.7 Å². The van der Waals surface area contributed by atoms with Gasteiger partial charge in [-0.25, -0.2) is 9.97 Å². The molecule has 0 radical (unpaired) electrons. The fourth-order valence-electron chi connectivity index (χ4n) is 5.10. The van der Waals surface area contributed by atoms with Gasteiger partial charge in [-0.15, -0.1) is 0 Å². The molecule has 2 aromatic carbocycles. The Bertz CT molecular complexity index is 1770. The maximum atomic E-state index is 14.0. The molecule has 1 amide bonds. The average molecular weight is 649 g/mol. The number of aryl methyl sites for hydroxylation is 3. The fourth-order valence-corrected chi connectivity index (χ4v) is 5.10. The first kappa shape index (κ1) is 33.6. The molecule has 1 aliphatic rings. The fraction of sp³-hybridized carbons (Fsp3) is 0.353. The van der Waals surface area contributed by atoms with Gasteiger partial charge in [-0.1, -0.05) is 24.0 Å². The molecule has 5 rings (SSSR count). The molecule has 4 aromatic rings. The summed E-state index contributed by atoms with van der Waals surface area (Å²) < 4.78 is 56.2. The van der Waals surface area contributed by atoms with Crippen LogP contribution in [0.2, 0.25) is 0 Å². The Kier molecular flexibility index (Phi) is 10.5. The summed E-state index contributed by atoms with van der Waals surface area (Å²) in [7, 11) is 1.99. The van der Waals surface area contributed by atoms with Crippen molar-refractivity contribution >= 4 is 23.2 Å². The number of alkyl halides is 4. The molecule has 1 saturated heterocycles. The molecule has 13 heteroatoms. The summed E-state index contributed by atoms with van der Waals surface area (Å²) in [6, 6.07) is 8.88. The van der Waals surface area contributed by atoms with Gasteiger partial charge >= 0.3 is 6.18 Å². The van der Waals surface area contributed by atoms with Gasteiger partial charge < -0.3 is 15.5 Å². The number of anilines is 3. The highest BCUT2D eigenvalue weighted by Crippen LogP contribution is 2.35. The summed E-state index contributed by atoms with van der Waals surface area (Å²) in [5.41, 5.74) is 3.12. The van der Waals surface area contributed by atoms with Crippen molar-refractivity contribution in [3.05, 3.63) is 94.1 Å². The van der Waals surface area contributed by atoms with Crippen molar-refractivity contribution in [2.45, 2.75) is 39.5 Å². The second kappa shape index (κ2) is 14.7. The van der Waals surface area contributed by atoms with Crippen molar-refractivity contribution in [2.75, 3.05) is 50.5 Å². The topological polar surface area (TPSA) is 91.2 Å². The summed E-state index contributed by atoms with van der Waals surface area (Å²) in [6.07, 6.45) is 0.706. The van der Waals surface area contributed by atoms with E-state index in [2.05, 4.69) is 42.4 Å². The number of amides is 1. The number of benzene rings is 2. The summed E-state index contributed by atoms with van der Waals surface area (Å²) in [4.78, 5) is 25.9. The van der Waals surface area contributed by atoms with Crippen LogP contribution < -0.4 is 10.6 Å². The quantitative estimate of drug-likeness (QED) is 0.175. The van der Waals surface area contributed by atoms with Crippen molar-refractivity contribution < 1.29 is 22.4 Å². The number of nitrogens with zero attached hydrogens (tertiary/aromatic N) is 6. The minimum Gasteiger partial charge on any atom is -0.322 e. The van der Waals surface area contributed by atoms with Crippen LogP contribution in [-0.4, -0.2) is 75.4 Å². The molecule has 0 aliphatic carbocycles. The maximum absolute atomic E-state index is 14.0. The predicted octanol–water partition coefficient (Wildman–Crippen LogP) is 5.81. The largest absolute Gasteiger partial charge is 0.416 e. The van der Waals surface area contributed by atoms with Crippen LogP contribution in [0.1, 0.15) is 50.3 Å². The summed E-state index contributed by atoms with van der Waals surface area (Å²) in [5.74, 6) is 5.83. The molecule has 1 fully saturated rings. The predicted molar refractivity (Wildman–Crippen MR) is 172 cm³/mol. The standard InChI is InChI=1S/C34H36F4N8O/c1-23-5-7-27(32(47)41-29-10-9-28(30(18-29)34(36,37)38)21-45-15-13-44(3)14-16-45)17-26(23)8-6-25-19-39-33(40-20-25)42-31-22-46(12-4-11-35)43-24(31)2/h5,7,9-10,17-20,22H,4,11-16,21H2,1-3H3,(H,41,47)(H,39,40,42). The van der Waals surface area contributed by atoms with E-state index in [9.17, 15) is 22.4 Å². The van der Waals surface area contributed by atoms with E-state index in [-0.39, 0.29) is 23.4 Å². The van der Waals surface area contributed by atoms with Crippen molar-refractivity contribution in [3.8, 4) is 11.8 Å². The van der Waals surface area contributed by atoms with Crippen LogP contribution >= 0.6 is 0 Å². The lowest BCUT2D eigenvalue weighted by atomic mass is 10.0. The van der Waals surface area contributed by atoms with Crippen molar-refractivity contribution in [3.63, 3.8) is 0 Å². The Morgan fingerprint density at radius 1 is 1.00 bits per heavy atom. The number of carbonyl (C=O) groups is 1. The van der Waals surface area contributed by atoms with Gasteiger partial charge in [0.1, 0.15) is 0 Å². The Hall–Kier alpha value is -4.80. The average Bonchev–Trinajstić information content (AvgIpc) is 3.39. The summed E-state index contributed by atoms with van der Waals surface area (Å²) in [5, 5.41) is 10.1. The van der Waals surface area contributed by atoms with Crippen molar-refractivity contribution in [1.29, 1.82) is 0 Å². The SMILES string of the molecule is Cc1ccc(C(=O)Nc2ccc(CN3CCN(C)CC3)c(C(F)(F)F)c2)cc1C#Cc1cnc(Nc2cn(CCCF)nc2C)nc1. The van der Waals surface area contributed by atoms with Gasteiger partial charge in [0.25, 0.3) is 5.91 Å². The van der Waals surface area contributed by atoms with Crippen LogP contribution in [0.5, 0.6) is 0 Å². The van der Waals surface area contributed by atoms with E-state index in [1.165, 1.54) is 12.1 Å². The van der Waals surface area contributed by atoms with E-state index in [4.69, 9.17) is 0 Å². The van der Waals surface area contributed by atoms with Crippen LogP contribution in [0, 0.1) is 25.7 Å². The maximum Gasteiger partial charge on any atom is 0.416 e. The highest BCUT2D eigenvalue weighted by atomic mass is 19.4. The number of likely N-dealkylation sites (N-methyl/N-ethyl adjacent to an activating group) is 1. The van der Waals surface area contributed by atoms with Gasteiger partial charge in [0, 0.05) is 74.7 Å². The second-order valence-electron chi connectivity index (χ2n) is 11.5. The zero-order valence-corrected chi connectivity index (χ0v) is 26.5. The monoisotopic (exact) mass is 648 g/mol. The molecule has 0 atom stereocenters. The lowest BCUT2D eigenvalue weighted by molar-refractivity contribution is -0.138. The van der Waals surface area contributed by atoms with E-state index in [0.29, 0.717) is 48.8 Å². The lowest BCUT2D eigenvalue weighted by Crippen LogP contribution is -2.44. The Balaban J connectivity index is 1.26. The highest BCUT2D eigenvalue weighted by Gasteiger charge is 2.34. The van der Waals surface area contributed by atoms with Crippen molar-refractivity contribution in [2.24, 2.45) is 0 Å². The smallest absolute Gasteiger partial charge is 0.322 e. The minimum absolute atomic E-state index is 0.0609. The third-order valence-corrected chi connectivity index (χ3v) is 7.87. The first-order chi connectivity index (χ1) is 22.5. The molecule has 0 bridgehead atoms. The van der Waals surface area contributed by atoms with Crippen LogP contribution in [0.15, 0.2) is 55.0 Å². The number of hydrogen-bond donors (Lipinski definition) is 2. The minimum atomic E-state index is -4.56. The van der Waals surface area contributed by atoms with Crippen LogP contribution in [0.3, 0.4) is 0 Å². The molecular weight excluding hydrogens is 612 g/mol. The van der Waals surface area contributed by atoms with Crippen LogP contribution in [0.25, 0.3) is 0 Å². The normalized spacial score (nSPS) is 14.0. The van der Waals surface area contributed by atoms with Crippen LogP contribution in [-0.2, 0) is 19.3 Å². The lowest BCUT2D eigenvalue weighted by Gasteiger charge is -2.33. The second-order valence-corrected chi connectivity index (χ2v) is 11.5. The molecular formula is C34H36F4N8O. The first-order valence-corrected chi connectivity index (χ1v) is 15.2. The molecule has 0 unspecified atom stereocenters. The zero-order chi connectivity index (χ0) is 33.6. The van der Waals surface area contributed by atoms with Crippen LogP contribution in [0.4, 0.5) is 34.9 Å². The Labute approximate surface area is 271 Å². The van der Waals surface area contributed by atoms with Gasteiger partial charge in [0.15, 0.2) is 0 Å². The molecule has 9 nitrogen and oxygen atoms in total. The molecule has 2 aromatic heterocycles. The van der Waals surface area contributed by atoms with Gasteiger partial charge in [0.2, 0.25) is 5.95 Å². The van der Waals surface area contributed by atoms with E-state index in [0.717, 1.165) is 30.4 Å². The number of nitrogens with one attached hydrogen (secondary N) is 2. The Morgan fingerprint density at radius 3 is 2.45 bits per heavy atom. The number of aromatic nitrogens is 4. The molecule has 3 heterocycles. The van der Waals surface area contributed by atoms with E-state index in [1.807, 2.05) is 25.8 Å². The van der Waals surface area contributed by atoms with Gasteiger partial charge in [-0.3, -0.25) is 18.8 Å². The number of hydrogen-bond acceptors (Lipinski definition) is 7. The molecule has 47 heavy (non-hydrogen) atoms. The van der Waals surface area contributed by atoms with Crippen molar-refractivity contribution in [1.82, 2.24) is 29.5 Å². The van der Waals surface area contributed by atoms with Gasteiger partial charge in [-0.2, -0.15) is 18.3 Å². The van der Waals surface area contributed by atoms with Gasteiger partial charge in [0.05, 0.1) is 29.2 Å².